The SMILES string of the molecule is CN(C(=S)NC1CCCCC1)C1CCOCC1. The molecule has 0 atom stereocenters. The van der Waals surface area contributed by atoms with Crippen LogP contribution in [0.25, 0.3) is 0 Å². The van der Waals surface area contributed by atoms with E-state index in [0.717, 1.165) is 31.2 Å². The first-order valence-corrected chi connectivity index (χ1v) is 7.29. The van der Waals surface area contributed by atoms with Gasteiger partial charge in [-0.1, -0.05) is 19.3 Å². The number of nitrogens with zero attached hydrogens (tertiary/aromatic N) is 1. The van der Waals surface area contributed by atoms with E-state index in [0.29, 0.717) is 12.1 Å². The number of rotatable bonds is 2. The Morgan fingerprint density at radius 2 is 1.76 bits per heavy atom. The molecule has 1 heterocycles. The molecule has 2 aliphatic rings. The highest BCUT2D eigenvalue weighted by Crippen LogP contribution is 2.18. The third kappa shape index (κ3) is 3.81. The Balaban J connectivity index is 1.77. The predicted molar refractivity (Wildman–Crippen MR) is 74.2 cm³/mol. The quantitative estimate of drug-likeness (QED) is 0.766. The highest BCUT2D eigenvalue weighted by Gasteiger charge is 2.22. The van der Waals surface area contributed by atoms with E-state index in [1.807, 2.05) is 0 Å². The number of ether oxygens (including phenoxy) is 1. The molecular formula is C13H24N2OS. The molecule has 0 aromatic heterocycles. The van der Waals surface area contributed by atoms with E-state index in [1.54, 1.807) is 0 Å². The molecule has 17 heavy (non-hydrogen) atoms. The lowest BCUT2D eigenvalue weighted by Gasteiger charge is -2.35. The van der Waals surface area contributed by atoms with E-state index >= 15 is 0 Å². The Labute approximate surface area is 110 Å². The van der Waals surface area contributed by atoms with Crippen molar-refractivity contribution in [3.8, 4) is 0 Å². The van der Waals surface area contributed by atoms with Gasteiger partial charge in [0.25, 0.3) is 0 Å². The van der Waals surface area contributed by atoms with Crippen LogP contribution in [0.15, 0.2) is 0 Å². The van der Waals surface area contributed by atoms with Gasteiger partial charge < -0.3 is 15.0 Å². The Kier molecular flexibility index (Phi) is 5.04. The minimum atomic E-state index is 0.562. The molecule has 0 unspecified atom stereocenters. The second-order valence-electron chi connectivity index (χ2n) is 5.24. The third-order valence-corrected chi connectivity index (χ3v) is 4.40. The van der Waals surface area contributed by atoms with E-state index < -0.39 is 0 Å². The fraction of sp³-hybridized carbons (Fsp3) is 0.923. The van der Waals surface area contributed by atoms with Crippen LogP contribution in [0.4, 0.5) is 0 Å². The van der Waals surface area contributed by atoms with Gasteiger partial charge in [0.05, 0.1) is 0 Å². The van der Waals surface area contributed by atoms with Crippen molar-refractivity contribution >= 4 is 17.3 Å². The van der Waals surface area contributed by atoms with Crippen LogP contribution in [-0.2, 0) is 4.74 Å². The molecule has 4 heteroatoms. The van der Waals surface area contributed by atoms with Gasteiger partial charge in [0, 0.05) is 32.3 Å². The molecule has 3 nitrogen and oxygen atoms in total. The Bertz CT molecular complexity index is 248. The molecule has 0 aromatic carbocycles. The minimum Gasteiger partial charge on any atom is -0.381 e. The van der Waals surface area contributed by atoms with Crippen LogP contribution < -0.4 is 5.32 Å². The topological polar surface area (TPSA) is 24.5 Å². The van der Waals surface area contributed by atoms with Crippen LogP contribution in [0.3, 0.4) is 0 Å². The summed E-state index contributed by atoms with van der Waals surface area (Å²) in [5, 5.41) is 4.47. The zero-order chi connectivity index (χ0) is 12.1. The summed E-state index contributed by atoms with van der Waals surface area (Å²) in [6, 6.07) is 1.17. The Morgan fingerprint density at radius 1 is 1.12 bits per heavy atom. The van der Waals surface area contributed by atoms with Crippen LogP contribution in [0.2, 0.25) is 0 Å². The molecular weight excluding hydrogens is 232 g/mol. The molecule has 0 amide bonds. The Morgan fingerprint density at radius 3 is 2.41 bits per heavy atom. The molecule has 0 radical (unpaired) electrons. The lowest BCUT2D eigenvalue weighted by molar-refractivity contribution is 0.0601. The first kappa shape index (κ1) is 13.1. The van der Waals surface area contributed by atoms with Gasteiger partial charge in [-0.05, 0) is 37.9 Å². The summed E-state index contributed by atoms with van der Waals surface area (Å²) in [7, 11) is 2.12. The van der Waals surface area contributed by atoms with Crippen molar-refractivity contribution in [2.45, 2.75) is 57.0 Å². The summed E-state index contributed by atoms with van der Waals surface area (Å²) in [6.07, 6.45) is 8.85. The van der Waals surface area contributed by atoms with Gasteiger partial charge in [0.15, 0.2) is 5.11 Å². The summed E-state index contributed by atoms with van der Waals surface area (Å²) >= 11 is 5.51. The second-order valence-corrected chi connectivity index (χ2v) is 5.63. The minimum absolute atomic E-state index is 0.562. The van der Waals surface area contributed by atoms with Crippen LogP contribution in [-0.4, -0.2) is 42.4 Å². The number of nitrogens with one attached hydrogen (secondary N) is 1. The predicted octanol–water partition coefficient (Wildman–Crippen LogP) is 2.30. The van der Waals surface area contributed by atoms with E-state index in [1.165, 1.54) is 32.1 Å². The number of thiocarbonyl (C=S) groups is 1. The number of hydrogen-bond acceptors (Lipinski definition) is 2. The van der Waals surface area contributed by atoms with E-state index in [4.69, 9.17) is 17.0 Å². The molecule has 1 N–H and O–H groups in total. The van der Waals surface area contributed by atoms with Crippen molar-refractivity contribution in [3.63, 3.8) is 0 Å². The maximum atomic E-state index is 5.51. The monoisotopic (exact) mass is 256 g/mol. The normalized spacial score (nSPS) is 23.4. The molecule has 0 aromatic rings. The van der Waals surface area contributed by atoms with Gasteiger partial charge in [-0.25, -0.2) is 0 Å². The summed E-state index contributed by atoms with van der Waals surface area (Å²) in [4.78, 5) is 2.24. The zero-order valence-electron chi connectivity index (χ0n) is 10.8. The fourth-order valence-electron chi connectivity index (χ4n) is 2.76. The largest absolute Gasteiger partial charge is 0.381 e. The highest BCUT2D eigenvalue weighted by molar-refractivity contribution is 7.80. The van der Waals surface area contributed by atoms with Crippen LogP contribution in [0.5, 0.6) is 0 Å². The maximum absolute atomic E-state index is 5.51. The first-order chi connectivity index (χ1) is 8.27. The van der Waals surface area contributed by atoms with Crippen molar-refractivity contribution in [2.75, 3.05) is 20.3 Å². The first-order valence-electron chi connectivity index (χ1n) is 6.88. The molecule has 1 saturated heterocycles. The van der Waals surface area contributed by atoms with Crippen molar-refractivity contribution in [2.24, 2.45) is 0 Å². The van der Waals surface area contributed by atoms with Crippen molar-refractivity contribution in [3.05, 3.63) is 0 Å². The summed E-state index contributed by atoms with van der Waals surface area (Å²) in [5.41, 5.74) is 0. The molecule has 1 aliphatic carbocycles. The van der Waals surface area contributed by atoms with Gasteiger partial charge in [-0.3, -0.25) is 0 Å². The average molecular weight is 256 g/mol. The third-order valence-electron chi connectivity index (χ3n) is 3.99. The summed E-state index contributed by atoms with van der Waals surface area (Å²) < 4.78 is 5.39. The van der Waals surface area contributed by atoms with Crippen LogP contribution >= 0.6 is 12.2 Å². The lowest BCUT2D eigenvalue weighted by Crippen LogP contribution is -2.49. The maximum Gasteiger partial charge on any atom is 0.169 e. The highest BCUT2D eigenvalue weighted by atomic mass is 32.1. The van der Waals surface area contributed by atoms with E-state index in [9.17, 15) is 0 Å². The smallest absolute Gasteiger partial charge is 0.169 e. The number of hydrogen-bond donors (Lipinski definition) is 1. The van der Waals surface area contributed by atoms with Gasteiger partial charge >= 0.3 is 0 Å². The van der Waals surface area contributed by atoms with Crippen molar-refractivity contribution in [1.29, 1.82) is 0 Å². The van der Waals surface area contributed by atoms with Gasteiger partial charge in [0.1, 0.15) is 0 Å². The fourth-order valence-corrected chi connectivity index (χ4v) is 3.08. The average Bonchev–Trinajstić information content (AvgIpc) is 2.40. The van der Waals surface area contributed by atoms with Crippen molar-refractivity contribution in [1.82, 2.24) is 10.2 Å². The van der Waals surface area contributed by atoms with Gasteiger partial charge in [-0.15, -0.1) is 0 Å². The van der Waals surface area contributed by atoms with Gasteiger partial charge in [-0.2, -0.15) is 0 Å². The molecule has 2 fully saturated rings. The van der Waals surface area contributed by atoms with Crippen LogP contribution in [0, 0.1) is 0 Å². The van der Waals surface area contributed by atoms with Crippen molar-refractivity contribution < 1.29 is 4.74 Å². The van der Waals surface area contributed by atoms with Crippen LogP contribution in [0.1, 0.15) is 44.9 Å². The molecule has 1 saturated carbocycles. The zero-order valence-corrected chi connectivity index (χ0v) is 11.6. The standard InChI is InChI=1S/C13H24N2OS/c1-15(12-7-9-16-10-8-12)13(17)14-11-5-3-2-4-6-11/h11-12H,2-10H2,1H3,(H,14,17). The van der Waals surface area contributed by atoms with Gasteiger partial charge in [0.2, 0.25) is 0 Å². The molecule has 0 bridgehead atoms. The summed E-state index contributed by atoms with van der Waals surface area (Å²) in [6.45, 7) is 1.75. The van der Waals surface area contributed by atoms with E-state index in [-0.39, 0.29) is 0 Å². The molecule has 0 spiro atoms. The summed E-state index contributed by atoms with van der Waals surface area (Å²) in [5.74, 6) is 0. The Hall–Kier alpha value is -0.350. The molecule has 98 valence electrons. The molecule has 2 rings (SSSR count). The second kappa shape index (κ2) is 6.55. The van der Waals surface area contributed by atoms with E-state index in [2.05, 4.69) is 17.3 Å². The lowest BCUT2D eigenvalue weighted by atomic mass is 9.96. The molecule has 1 aliphatic heterocycles.